The highest BCUT2D eigenvalue weighted by atomic mass is 16.4. The first-order chi connectivity index (χ1) is 9.88. The molecule has 0 spiro atoms. The summed E-state index contributed by atoms with van der Waals surface area (Å²) in [5.41, 5.74) is 0. The highest BCUT2D eigenvalue weighted by Gasteiger charge is 2.21. The van der Waals surface area contributed by atoms with E-state index in [-0.39, 0.29) is 18.4 Å². The lowest BCUT2D eigenvalue weighted by atomic mass is 9.94. The fraction of sp³-hybridized carbons (Fsp3) is 0.867. The van der Waals surface area contributed by atoms with Gasteiger partial charge >= 0.3 is 12.0 Å². The number of rotatable bonds is 8. The van der Waals surface area contributed by atoms with Gasteiger partial charge in [0.05, 0.1) is 0 Å². The van der Waals surface area contributed by atoms with Gasteiger partial charge in [-0.25, -0.2) is 4.79 Å². The molecule has 3 N–H and O–H groups in total. The van der Waals surface area contributed by atoms with Crippen molar-refractivity contribution >= 4 is 12.0 Å². The van der Waals surface area contributed by atoms with E-state index in [9.17, 15) is 9.59 Å². The first kappa shape index (κ1) is 17.8. The van der Waals surface area contributed by atoms with Crippen LogP contribution < -0.4 is 10.6 Å². The Morgan fingerprint density at radius 3 is 2.57 bits per heavy atom. The van der Waals surface area contributed by atoms with Crippen LogP contribution in [-0.4, -0.2) is 54.7 Å². The number of nitrogens with one attached hydrogen (secondary N) is 2. The van der Waals surface area contributed by atoms with Gasteiger partial charge in [-0.3, -0.25) is 4.79 Å². The van der Waals surface area contributed by atoms with E-state index in [1.165, 1.54) is 6.42 Å². The van der Waals surface area contributed by atoms with Gasteiger partial charge in [-0.1, -0.05) is 13.8 Å². The molecule has 21 heavy (non-hydrogen) atoms. The topological polar surface area (TPSA) is 81.7 Å². The first-order valence-corrected chi connectivity index (χ1v) is 7.82. The Balaban J connectivity index is 2.26. The van der Waals surface area contributed by atoms with Crippen LogP contribution in [0.15, 0.2) is 0 Å². The first-order valence-electron chi connectivity index (χ1n) is 7.82. The van der Waals surface area contributed by atoms with Gasteiger partial charge in [0.2, 0.25) is 0 Å². The van der Waals surface area contributed by atoms with Crippen molar-refractivity contribution < 1.29 is 14.7 Å². The van der Waals surface area contributed by atoms with Gasteiger partial charge in [-0.05, 0) is 44.7 Å². The monoisotopic (exact) mass is 299 g/mol. The Kier molecular flexibility index (Phi) is 7.50. The number of carbonyl (C=O) groups excluding carboxylic acids is 1. The fourth-order valence-electron chi connectivity index (χ4n) is 2.90. The summed E-state index contributed by atoms with van der Waals surface area (Å²) >= 11 is 0. The van der Waals surface area contributed by atoms with Crippen molar-refractivity contribution in [2.75, 3.05) is 26.7 Å². The van der Waals surface area contributed by atoms with Crippen LogP contribution in [0.5, 0.6) is 0 Å². The molecule has 1 aliphatic rings. The predicted octanol–water partition coefficient (Wildman–Crippen LogP) is 1.52. The van der Waals surface area contributed by atoms with E-state index < -0.39 is 5.97 Å². The molecule has 2 atom stereocenters. The minimum absolute atomic E-state index is 0.0117. The van der Waals surface area contributed by atoms with Gasteiger partial charge in [-0.2, -0.15) is 0 Å². The Hall–Kier alpha value is -1.30. The molecule has 0 aliphatic carbocycles. The Morgan fingerprint density at radius 2 is 2.05 bits per heavy atom. The summed E-state index contributed by atoms with van der Waals surface area (Å²) in [6, 6.07) is 0.218. The molecule has 0 bridgehead atoms. The zero-order valence-electron chi connectivity index (χ0n) is 13.4. The van der Waals surface area contributed by atoms with E-state index in [1.54, 1.807) is 0 Å². The average Bonchev–Trinajstić information content (AvgIpc) is 2.77. The molecule has 2 amide bonds. The third-order valence-corrected chi connectivity index (χ3v) is 3.99. The molecule has 0 saturated carbocycles. The molecule has 1 saturated heterocycles. The van der Waals surface area contributed by atoms with Gasteiger partial charge < -0.3 is 20.6 Å². The van der Waals surface area contributed by atoms with Crippen LogP contribution in [0.3, 0.4) is 0 Å². The second-order valence-corrected chi connectivity index (χ2v) is 6.46. The van der Waals surface area contributed by atoms with Crippen molar-refractivity contribution in [1.29, 1.82) is 0 Å². The van der Waals surface area contributed by atoms with Crippen molar-refractivity contribution in [3.05, 3.63) is 0 Å². The van der Waals surface area contributed by atoms with Crippen LogP contribution in [0.25, 0.3) is 0 Å². The van der Waals surface area contributed by atoms with Crippen LogP contribution in [0.4, 0.5) is 4.79 Å². The van der Waals surface area contributed by atoms with Crippen molar-refractivity contribution in [3.63, 3.8) is 0 Å². The average molecular weight is 299 g/mol. The van der Waals surface area contributed by atoms with Crippen LogP contribution in [0.1, 0.15) is 39.5 Å². The van der Waals surface area contributed by atoms with Crippen molar-refractivity contribution in [2.45, 2.75) is 45.6 Å². The number of amides is 2. The van der Waals surface area contributed by atoms with E-state index in [1.807, 2.05) is 0 Å². The predicted molar refractivity (Wildman–Crippen MR) is 82.3 cm³/mol. The quantitative estimate of drug-likeness (QED) is 0.634. The molecule has 0 aromatic rings. The maximum atomic E-state index is 11.8. The molecule has 1 aliphatic heterocycles. The molecule has 6 nitrogen and oxygen atoms in total. The number of carboxylic acid groups (broad SMARTS) is 1. The number of hydrogen-bond donors (Lipinski definition) is 3. The smallest absolute Gasteiger partial charge is 0.314 e. The van der Waals surface area contributed by atoms with Crippen LogP contribution in [-0.2, 0) is 4.79 Å². The van der Waals surface area contributed by atoms with Crippen LogP contribution >= 0.6 is 0 Å². The van der Waals surface area contributed by atoms with E-state index in [0.29, 0.717) is 25.0 Å². The number of urea groups is 1. The van der Waals surface area contributed by atoms with Crippen molar-refractivity contribution in [1.82, 2.24) is 15.5 Å². The van der Waals surface area contributed by atoms with Gasteiger partial charge in [0.1, 0.15) is 0 Å². The number of carbonyl (C=O) groups is 2. The molecule has 0 radical (unpaired) electrons. The molecular weight excluding hydrogens is 270 g/mol. The summed E-state index contributed by atoms with van der Waals surface area (Å²) in [6.07, 6.45) is 3.20. The van der Waals surface area contributed by atoms with E-state index >= 15 is 0 Å². The molecular formula is C15H29N3O3. The number of aliphatic carboxylic acids is 1. The lowest BCUT2D eigenvalue weighted by Gasteiger charge is -2.21. The van der Waals surface area contributed by atoms with E-state index in [0.717, 1.165) is 19.4 Å². The number of likely N-dealkylation sites (N-methyl/N-ethyl adjacent to an activating group) is 1. The zero-order chi connectivity index (χ0) is 15.8. The number of likely N-dealkylation sites (tertiary alicyclic amines) is 1. The summed E-state index contributed by atoms with van der Waals surface area (Å²) in [6.45, 7) is 6.27. The maximum absolute atomic E-state index is 11.8. The summed E-state index contributed by atoms with van der Waals surface area (Å²) in [4.78, 5) is 24.9. The normalized spacial score (nSPS) is 20.5. The van der Waals surface area contributed by atoms with Crippen molar-refractivity contribution in [2.24, 2.45) is 11.8 Å². The Labute approximate surface area is 127 Å². The second kappa shape index (κ2) is 8.87. The Morgan fingerprint density at radius 1 is 1.33 bits per heavy atom. The van der Waals surface area contributed by atoms with E-state index in [2.05, 4.69) is 36.4 Å². The molecule has 1 fully saturated rings. The zero-order valence-corrected chi connectivity index (χ0v) is 13.4. The SMILES string of the molecule is CC(C)C[C@H](CNC(=O)NCC1CCCN1C)CC(=O)O. The fourth-order valence-corrected chi connectivity index (χ4v) is 2.90. The minimum atomic E-state index is -0.810. The summed E-state index contributed by atoms with van der Waals surface area (Å²) in [5, 5.41) is 14.6. The second-order valence-electron chi connectivity index (χ2n) is 6.46. The summed E-state index contributed by atoms with van der Waals surface area (Å²) < 4.78 is 0. The lowest BCUT2D eigenvalue weighted by Crippen LogP contribution is -2.44. The third-order valence-electron chi connectivity index (χ3n) is 3.99. The number of hydrogen-bond acceptors (Lipinski definition) is 3. The number of carboxylic acids is 1. The van der Waals surface area contributed by atoms with Gasteiger partial charge in [0.25, 0.3) is 0 Å². The molecule has 0 aromatic carbocycles. The van der Waals surface area contributed by atoms with Crippen molar-refractivity contribution in [3.8, 4) is 0 Å². The van der Waals surface area contributed by atoms with Crippen LogP contribution in [0, 0.1) is 11.8 Å². The molecule has 1 unspecified atom stereocenters. The molecule has 6 heteroatoms. The van der Waals surface area contributed by atoms with E-state index in [4.69, 9.17) is 5.11 Å². The standard InChI is InChI=1S/C15H29N3O3/c1-11(2)7-12(8-14(19)20)9-16-15(21)17-10-13-5-4-6-18(13)3/h11-13H,4-10H2,1-3H3,(H,19,20)(H2,16,17,21)/t12-,13?/m0/s1. The van der Waals surface area contributed by atoms with Gasteiger partial charge in [0, 0.05) is 25.6 Å². The highest BCUT2D eigenvalue weighted by molar-refractivity contribution is 5.74. The van der Waals surface area contributed by atoms with Crippen LogP contribution in [0.2, 0.25) is 0 Å². The minimum Gasteiger partial charge on any atom is -0.481 e. The third kappa shape index (κ3) is 7.32. The summed E-state index contributed by atoms with van der Waals surface area (Å²) in [7, 11) is 2.07. The lowest BCUT2D eigenvalue weighted by molar-refractivity contribution is -0.138. The Bertz CT molecular complexity index is 347. The van der Waals surface area contributed by atoms with Gasteiger partial charge in [-0.15, -0.1) is 0 Å². The highest BCUT2D eigenvalue weighted by Crippen LogP contribution is 2.15. The molecule has 0 aromatic heterocycles. The summed E-state index contributed by atoms with van der Waals surface area (Å²) in [5.74, 6) is -0.399. The molecule has 122 valence electrons. The molecule has 1 rings (SSSR count). The largest absolute Gasteiger partial charge is 0.481 e. The maximum Gasteiger partial charge on any atom is 0.314 e. The number of nitrogens with zero attached hydrogens (tertiary/aromatic N) is 1. The van der Waals surface area contributed by atoms with Gasteiger partial charge in [0.15, 0.2) is 0 Å². The molecule has 1 heterocycles.